The largest absolute Gasteiger partial charge is 0.348 e. The number of nitrogens with zero attached hydrogens (tertiary/aromatic N) is 4. The van der Waals surface area contributed by atoms with Crippen LogP contribution in [0.1, 0.15) is 41.9 Å². The van der Waals surface area contributed by atoms with E-state index in [0.29, 0.717) is 0 Å². The summed E-state index contributed by atoms with van der Waals surface area (Å²) in [5.41, 5.74) is 3.51. The molecule has 26 heavy (non-hydrogen) atoms. The fourth-order valence-electron chi connectivity index (χ4n) is 3.47. The molecule has 3 heterocycles. The molecule has 1 aliphatic heterocycles. The lowest BCUT2D eigenvalue weighted by Gasteiger charge is -2.14. The van der Waals surface area contributed by atoms with Crippen LogP contribution < -0.4 is 10.2 Å². The predicted octanol–water partition coefficient (Wildman–Crippen LogP) is 4.09. The lowest BCUT2D eigenvalue weighted by Crippen LogP contribution is -2.18. The topological polar surface area (TPSA) is 46.0 Å². The molecule has 1 atom stereocenters. The van der Waals surface area contributed by atoms with Crippen molar-refractivity contribution in [2.45, 2.75) is 39.3 Å². The molecule has 0 amide bonds. The second-order valence-electron chi connectivity index (χ2n) is 6.84. The second-order valence-corrected chi connectivity index (χ2v) is 7.93. The van der Waals surface area contributed by atoms with E-state index < -0.39 is 0 Å². The normalized spacial score (nSPS) is 15.5. The number of hydrogen-bond donors (Lipinski definition) is 1. The molecule has 3 aromatic rings. The summed E-state index contributed by atoms with van der Waals surface area (Å²) in [6.45, 7) is 7.46. The summed E-state index contributed by atoms with van der Waals surface area (Å²) in [7, 11) is 0. The van der Waals surface area contributed by atoms with E-state index in [4.69, 9.17) is 0 Å². The molecule has 4 rings (SSSR count). The third kappa shape index (κ3) is 3.52. The third-order valence-electron chi connectivity index (χ3n) is 5.02. The van der Waals surface area contributed by atoms with Gasteiger partial charge >= 0.3 is 0 Å². The van der Waals surface area contributed by atoms with E-state index in [0.717, 1.165) is 25.3 Å². The summed E-state index contributed by atoms with van der Waals surface area (Å²) in [4.78, 5) is 8.28. The van der Waals surface area contributed by atoms with Crippen LogP contribution in [-0.2, 0) is 6.54 Å². The molecule has 1 N–H and O–H groups in total. The average Bonchev–Trinajstić information content (AvgIpc) is 3.41. The summed E-state index contributed by atoms with van der Waals surface area (Å²) in [5.74, 6) is 0. The van der Waals surface area contributed by atoms with Crippen molar-refractivity contribution in [3.05, 3.63) is 58.9 Å². The van der Waals surface area contributed by atoms with Gasteiger partial charge in [-0.1, -0.05) is 18.2 Å². The lowest BCUT2D eigenvalue weighted by molar-refractivity contribution is 0.575. The summed E-state index contributed by atoms with van der Waals surface area (Å²) < 4.78 is 2.01. The molecule has 1 saturated heterocycles. The molecular formula is C20H25N5S. The van der Waals surface area contributed by atoms with E-state index in [-0.39, 0.29) is 6.04 Å². The van der Waals surface area contributed by atoms with Gasteiger partial charge in [-0.2, -0.15) is 5.10 Å². The Morgan fingerprint density at radius 3 is 2.69 bits per heavy atom. The number of thiazole rings is 1. The Kier molecular flexibility index (Phi) is 5.04. The van der Waals surface area contributed by atoms with Crippen molar-refractivity contribution < 1.29 is 0 Å². The highest BCUT2D eigenvalue weighted by Crippen LogP contribution is 2.26. The SMILES string of the molecule is Cc1c([C@H](C)NCc2cnc(N3CCCC3)s2)cnn1-c1ccccc1. The molecule has 2 aromatic heterocycles. The first-order chi connectivity index (χ1) is 12.7. The van der Waals surface area contributed by atoms with Gasteiger partial charge in [-0.25, -0.2) is 9.67 Å². The summed E-state index contributed by atoms with van der Waals surface area (Å²) in [5, 5.41) is 9.37. The molecular weight excluding hydrogens is 342 g/mol. The van der Waals surface area contributed by atoms with Gasteiger partial charge in [0.25, 0.3) is 0 Å². The Morgan fingerprint density at radius 1 is 1.15 bits per heavy atom. The number of para-hydroxylation sites is 1. The number of nitrogens with one attached hydrogen (secondary N) is 1. The molecule has 0 bridgehead atoms. The van der Waals surface area contributed by atoms with Crippen LogP contribution >= 0.6 is 11.3 Å². The maximum atomic E-state index is 4.60. The molecule has 0 spiro atoms. The highest BCUT2D eigenvalue weighted by atomic mass is 32.1. The van der Waals surface area contributed by atoms with Gasteiger partial charge in [0.2, 0.25) is 0 Å². The van der Waals surface area contributed by atoms with E-state index in [1.165, 1.54) is 34.1 Å². The van der Waals surface area contributed by atoms with Crippen LogP contribution in [0.4, 0.5) is 5.13 Å². The predicted molar refractivity (Wildman–Crippen MR) is 107 cm³/mol. The number of aromatic nitrogens is 3. The van der Waals surface area contributed by atoms with Crippen molar-refractivity contribution >= 4 is 16.5 Å². The van der Waals surface area contributed by atoms with Crippen LogP contribution in [-0.4, -0.2) is 27.9 Å². The Morgan fingerprint density at radius 2 is 1.92 bits per heavy atom. The van der Waals surface area contributed by atoms with E-state index >= 15 is 0 Å². The summed E-state index contributed by atoms with van der Waals surface area (Å²) in [6.07, 6.45) is 6.56. The summed E-state index contributed by atoms with van der Waals surface area (Å²) in [6, 6.07) is 10.5. The number of benzene rings is 1. The third-order valence-corrected chi connectivity index (χ3v) is 6.07. The highest BCUT2D eigenvalue weighted by molar-refractivity contribution is 7.15. The van der Waals surface area contributed by atoms with Crippen LogP contribution in [0.5, 0.6) is 0 Å². The van der Waals surface area contributed by atoms with Crippen molar-refractivity contribution in [2.75, 3.05) is 18.0 Å². The van der Waals surface area contributed by atoms with E-state index in [1.54, 1.807) is 11.3 Å². The molecule has 0 radical (unpaired) electrons. The van der Waals surface area contributed by atoms with E-state index in [2.05, 4.69) is 46.3 Å². The number of anilines is 1. The minimum atomic E-state index is 0.241. The molecule has 6 heteroatoms. The van der Waals surface area contributed by atoms with Gasteiger partial charge in [0.15, 0.2) is 5.13 Å². The zero-order valence-electron chi connectivity index (χ0n) is 15.4. The van der Waals surface area contributed by atoms with Crippen LogP contribution in [0, 0.1) is 6.92 Å². The maximum Gasteiger partial charge on any atom is 0.185 e. The first-order valence-electron chi connectivity index (χ1n) is 9.25. The van der Waals surface area contributed by atoms with Crippen molar-refractivity contribution in [1.29, 1.82) is 0 Å². The lowest BCUT2D eigenvalue weighted by atomic mass is 10.1. The van der Waals surface area contributed by atoms with Gasteiger partial charge in [0.1, 0.15) is 0 Å². The van der Waals surface area contributed by atoms with Gasteiger partial charge < -0.3 is 10.2 Å². The fourth-order valence-corrected chi connectivity index (χ4v) is 4.39. The van der Waals surface area contributed by atoms with Gasteiger partial charge in [-0.3, -0.25) is 0 Å². The monoisotopic (exact) mass is 367 g/mol. The van der Waals surface area contributed by atoms with Crippen LogP contribution in [0.3, 0.4) is 0 Å². The van der Waals surface area contributed by atoms with Crippen molar-refractivity contribution in [3.8, 4) is 5.69 Å². The standard InChI is InChI=1S/C20H25N5S/c1-15(19-14-23-25(16(19)2)17-8-4-3-5-9-17)21-12-18-13-22-20(26-18)24-10-6-7-11-24/h3-5,8-9,13-15,21H,6-7,10-12H2,1-2H3/t15-/m0/s1. The molecule has 5 nitrogen and oxygen atoms in total. The fraction of sp³-hybridized carbons (Fsp3) is 0.400. The maximum absolute atomic E-state index is 4.60. The molecule has 0 aliphatic carbocycles. The number of hydrogen-bond acceptors (Lipinski definition) is 5. The van der Waals surface area contributed by atoms with E-state index in [9.17, 15) is 0 Å². The van der Waals surface area contributed by atoms with E-state index in [1.807, 2.05) is 35.3 Å². The molecule has 1 aromatic carbocycles. The smallest absolute Gasteiger partial charge is 0.185 e. The number of rotatable bonds is 6. The minimum Gasteiger partial charge on any atom is -0.348 e. The zero-order valence-corrected chi connectivity index (χ0v) is 16.2. The van der Waals surface area contributed by atoms with Gasteiger partial charge in [-0.15, -0.1) is 11.3 Å². The van der Waals surface area contributed by atoms with Crippen LogP contribution in [0.25, 0.3) is 5.69 Å². The highest BCUT2D eigenvalue weighted by Gasteiger charge is 2.17. The Labute approximate surface area is 158 Å². The first-order valence-corrected chi connectivity index (χ1v) is 10.1. The van der Waals surface area contributed by atoms with Gasteiger partial charge in [0.05, 0.1) is 11.9 Å². The minimum absolute atomic E-state index is 0.241. The quantitative estimate of drug-likeness (QED) is 0.713. The van der Waals surface area contributed by atoms with Crippen LogP contribution in [0.2, 0.25) is 0 Å². The zero-order chi connectivity index (χ0) is 17.9. The molecule has 1 aliphatic rings. The Bertz CT molecular complexity index is 848. The molecule has 1 fully saturated rings. The molecule has 0 unspecified atom stereocenters. The average molecular weight is 368 g/mol. The summed E-state index contributed by atoms with van der Waals surface area (Å²) >= 11 is 1.81. The van der Waals surface area contributed by atoms with Gasteiger partial charge in [-0.05, 0) is 38.8 Å². The van der Waals surface area contributed by atoms with Crippen molar-refractivity contribution in [2.24, 2.45) is 0 Å². The first kappa shape index (κ1) is 17.2. The Balaban J connectivity index is 1.41. The molecule has 136 valence electrons. The second kappa shape index (κ2) is 7.60. The van der Waals surface area contributed by atoms with Crippen molar-refractivity contribution in [3.63, 3.8) is 0 Å². The molecule has 0 saturated carbocycles. The van der Waals surface area contributed by atoms with Crippen LogP contribution in [0.15, 0.2) is 42.7 Å². The van der Waals surface area contributed by atoms with Gasteiger partial charge in [0, 0.05) is 48.0 Å². The van der Waals surface area contributed by atoms with Crippen molar-refractivity contribution in [1.82, 2.24) is 20.1 Å². The Hall–Kier alpha value is -2.18.